The molecule has 8 heteroatoms. The lowest BCUT2D eigenvalue weighted by Gasteiger charge is -2.15. The minimum atomic E-state index is 0.552. The van der Waals surface area contributed by atoms with E-state index in [2.05, 4.69) is 54.1 Å². The molecule has 0 amide bonds. The van der Waals surface area contributed by atoms with Crippen LogP contribution in [0.1, 0.15) is 30.1 Å². The summed E-state index contributed by atoms with van der Waals surface area (Å²) in [6, 6.07) is 20.3. The van der Waals surface area contributed by atoms with E-state index in [0.717, 1.165) is 42.7 Å². The number of rotatable bonds is 8. The highest BCUT2D eigenvalue weighted by Gasteiger charge is 2.19. The van der Waals surface area contributed by atoms with E-state index in [4.69, 9.17) is 4.52 Å². The zero-order chi connectivity index (χ0) is 20.9. The summed E-state index contributed by atoms with van der Waals surface area (Å²) in [5.74, 6) is 2.75. The molecule has 1 aliphatic rings. The van der Waals surface area contributed by atoms with Gasteiger partial charge in [0, 0.05) is 5.56 Å². The van der Waals surface area contributed by atoms with Gasteiger partial charge in [0.2, 0.25) is 11.7 Å². The van der Waals surface area contributed by atoms with Crippen molar-refractivity contribution < 1.29 is 4.52 Å². The number of likely N-dealkylation sites (tertiary alicyclic amines) is 1. The summed E-state index contributed by atoms with van der Waals surface area (Å²) >= 11 is 1.58. The fourth-order valence-electron chi connectivity index (χ4n) is 3.75. The molecular weight excluding hydrogens is 408 g/mol. The van der Waals surface area contributed by atoms with Crippen LogP contribution in [0.25, 0.3) is 11.4 Å². The molecule has 0 spiro atoms. The largest absolute Gasteiger partial charge is 0.338 e. The third kappa shape index (κ3) is 4.86. The van der Waals surface area contributed by atoms with Crippen molar-refractivity contribution in [3.63, 3.8) is 0 Å². The first kappa shape index (κ1) is 20.0. The first-order chi connectivity index (χ1) is 15.3. The molecule has 0 atom stereocenters. The zero-order valence-electron chi connectivity index (χ0n) is 17.2. The van der Waals surface area contributed by atoms with Crippen LogP contribution < -0.4 is 0 Å². The maximum Gasteiger partial charge on any atom is 0.237 e. The maximum absolute atomic E-state index is 5.47. The fraction of sp³-hybridized carbons (Fsp3) is 0.304. The molecule has 7 nitrogen and oxygen atoms in total. The molecule has 0 N–H and O–H groups in total. The Morgan fingerprint density at radius 1 is 0.871 bits per heavy atom. The molecule has 1 aliphatic heterocycles. The lowest BCUT2D eigenvalue weighted by molar-refractivity contribution is 0.316. The van der Waals surface area contributed by atoms with Crippen LogP contribution >= 0.6 is 11.8 Å². The van der Waals surface area contributed by atoms with Gasteiger partial charge >= 0.3 is 0 Å². The van der Waals surface area contributed by atoms with E-state index in [0.29, 0.717) is 17.5 Å². The average molecular weight is 433 g/mol. The predicted molar refractivity (Wildman–Crippen MR) is 119 cm³/mol. The lowest BCUT2D eigenvalue weighted by Crippen LogP contribution is -2.21. The van der Waals surface area contributed by atoms with E-state index in [1.54, 1.807) is 11.8 Å². The zero-order valence-corrected chi connectivity index (χ0v) is 18.0. The van der Waals surface area contributed by atoms with Crippen LogP contribution in [0.5, 0.6) is 0 Å². The van der Waals surface area contributed by atoms with Crippen molar-refractivity contribution in [1.29, 1.82) is 0 Å². The van der Waals surface area contributed by atoms with Gasteiger partial charge in [-0.3, -0.25) is 4.90 Å². The number of nitrogens with zero attached hydrogens (tertiary/aromatic N) is 6. The molecule has 0 bridgehead atoms. The maximum atomic E-state index is 5.47. The summed E-state index contributed by atoms with van der Waals surface area (Å²) in [6.07, 6.45) is 2.52. The van der Waals surface area contributed by atoms with Gasteiger partial charge in [0.05, 0.1) is 18.8 Å². The lowest BCUT2D eigenvalue weighted by atomic mass is 10.2. The molecule has 1 saturated heterocycles. The topological polar surface area (TPSA) is 72.9 Å². The highest BCUT2D eigenvalue weighted by molar-refractivity contribution is 7.98. The van der Waals surface area contributed by atoms with Gasteiger partial charge in [0.25, 0.3) is 0 Å². The summed E-state index contributed by atoms with van der Waals surface area (Å²) in [6.45, 7) is 3.84. The van der Waals surface area contributed by atoms with E-state index in [1.165, 1.54) is 18.4 Å². The van der Waals surface area contributed by atoms with Crippen molar-refractivity contribution in [2.24, 2.45) is 0 Å². The second-order valence-corrected chi connectivity index (χ2v) is 8.56. The van der Waals surface area contributed by atoms with Gasteiger partial charge in [0.15, 0.2) is 5.16 Å². The Kier molecular flexibility index (Phi) is 6.08. The van der Waals surface area contributed by atoms with Gasteiger partial charge in [-0.25, -0.2) is 0 Å². The number of hydrogen-bond donors (Lipinski definition) is 0. The molecule has 158 valence electrons. The summed E-state index contributed by atoms with van der Waals surface area (Å²) in [5.41, 5.74) is 2.18. The molecule has 3 heterocycles. The highest BCUT2D eigenvalue weighted by atomic mass is 32.2. The highest BCUT2D eigenvalue weighted by Crippen LogP contribution is 2.25. The smallest absolute Gasteiger partial charge is 0.237 e. The molecule has 2 aromatic heterocycles. The monoisotopic (exact) mass is 432 g/mol. The van der Waals surface area contributed by atoms with Crippen molar-refractivity contribution in [3.05, 3.63) is 77.9 Å². The SMILES string of the molecule is c1ccc(Cn2c(CN3CCCC3)nnc2SCc2nc(-c3ccccc3)no2)cc1. The van der Waals surface area contributed by atoms with Crippen molar-refractivity contribution in [2.75, 3.05) is 13.1 Å². The molecule has 0 aliphatic carbocycles. The van der Waals surface area contributed by atoms with Crippen LogP contribution in [0.4, 0.5) is 0 Å². The third-order valence-corrected chi connectivity index (χ3v) is 6.32. The first-order valence-corrected chi connectivity index (χ1v) is 11.5. The minimum Gasteiger partial charge on any atom is -0.338 e. The van der Waals surface area contributed by atoms with Crippen molar-refractivity contribution >= 4 is 11.8 Å². The quantitative estimate of drug-likeness (QED) is 0.385. The Labute approximate surface area is 185 Å². The second kappa shape index (κ2) is 9.45. The number of thioether (sulfide) groups is 1. The van der Waals surface area contributed by atoms with Crippen molar-refractivity contribution in [1.82, 2.24) is 29.8 Å². The summed E-state index contributed by atoms with van der Waals surface area (Å²) in [7, 11) is 0. The van der Waals surface area contributed by atoms with Gasteiger partial charge in [0.1, 0.15) is 5.82 Å². The molecular formula is C23H24N6OS. The molecule has 4 aromatic rings. The van der Waals surface area contributed by atoms with E-state index in [-0.39, 0.29) is 0 Å². The Balaban J connectivity index is 1.33. The van der Waals surface area contributed by atoms with Crippen LogP contribution in [0.15, 0.2) is 70.3 Å². The Bertz CT molecular complexity index is 1110. The molecule has 0 radical (unpaired) electrons. The average Bonchev–Trinajstić information content (AvgIpc) is 3.57. The molecule has 31 heavy (non-hydrogen) atoms. The van der Waals surface area contributed by atoms with Gasteiger partial charge in [-0.1, -0.05) is 77.6 Å². The van der Waals surface area contributed by atoms with Gasteiger partial charge < -0.3 is 9.09 Å². The van der Waals surface area contributed by atoms with E-state index < -0.39 is 0 Å². The third-order valence-electron chi connectivity index (χ3n) is 5.37. The number of benzene rings is 2. The Morgan fingerprint density at radius 2 is 1.61 bits per heavy atom. The van der Waals surface area contributed by atoms with Crippen molar-refractivity contribution in [2.45, 2.75) is 36.8 Å². The summed E-state index contributed by atoms with van der Waals surface area (Å²) in [4.78, 5) is 6.98. The predicted octanol–water partition coefficient (Wildman–Crippen LogP) is 4.26. The fourth-order valence-corrected chi connectivity index (χ4v) is 4.55. The van der Waals surface area contributed by atoms with Gasteiger partial charge in [-0.05, 0) is 31.5 Å². The number of hydrogen-bond acceptors (Lipinski definition) is 7. The standard InChI is InChI=1S/C23H24N6OS/c1-3-9-18(10-4-1)15-29-20(16-28-13-7-8-14-28)25-26-23(29)31-17-21-24-22(27-30-21)19-11-5-2-6-12-19/h1-6,9-12H,7-8,13-17H2. The van der Waals surface area contributed by atoms with Crippen LogP contribution in [-0.2, 0) is 18.8 Å². The molecule has 2 aromatic carbocycles. The first-order valence-electron chi connectivity index (χ1n) is 10.5. The molecule has 5 rings (SSSR count). The van der Waals surface area contributed by atoms with E-state index in [9.17, 15) is 0 Å². The minimum absolute atomic E-state index is 0.552. The van der Waals surface area contributed by atoms with Crippen LogP contribution in [-0.4, -0.2) is 42.9 Å². The number of aromatic nitrogens is 5. The molecule has 1 fully saturated rings. The Hall–Kier alpha value is -2.97. The molecule has 0 saturated carbocycles. The normalized spacial score (nSPS) is 14.3. The van der Waals surface area contributed by atoms with Crippen LogP contribution in [0.2, 0.25) is 0 Å². The van der Waals surface area contributed by atoms with Gasteiger partial charge in [-0.15, -0.1) is 10.2 Å². The van der Waals surface area contributed by atoms with Crippen LogP contribution in [0, 0.1) is 0 Å². The van der Waals surface area contributed by atoms with E-state index >= 15 is 0 Å². The second-order valence-electron chi connectivity index (χ2n) is 7.62. The summed E-state index contributed by atoms with van der Waals surface area (Å²) < 4.78 is 7.68. The Morgan fingerprint density at radius 3 is 2.39 bits per heavy atom. The van der Waals surface area contributed by atoms with Crippen molar-refractivity contribution in [3.8, 4) is 11.4 Å². The summed E-state index contributed by atoms with van der Waals surface area (Å²) in [5, 5.41) is 14.0. The van der Waals surface area contributed by atoms with Gasteiger partial charge in [-0.2, -0.15) is 4.98 Å². The van der Waals surface area contributed by atoms with Crippen LogP contribution in [0.3, 0.4) is 0 Å². The van der Waals surface area contributed by atoms with E-state index in [1.807, 2.05) is 36.4 Å². The molecule has 0 unspecified atom stereocenters.